The van der Waals surface area contributed by atoms with Crippen LogP contribution in [0.3, 0.4) is 0 Å². The highest BCUT2D eigenvalue weighted by Gasteiger charge is 2.14. The lowest BCUT2D eigenvalue weighted by atomic mass is 10.2. The minimum Gasteiger partial charge on any atom is -0.506 e. The summed E-state index contributed by atoms with van der Waals surface area (Å²) in [6.07, 6.45) is 2.34. The molecule has 1 amide bonds. The summed E-state index contributed by atoms with van der Waals surface area (Å²) in [6.45, 7) is 5.54. The van der Waals surface area contributed by atoms with Gasteiger partial charge in [0.25, 0.3) is 0 Å². The van der Waals surface area contributed by atoms with E-state index in [2.05, 4.69) is 22.1 Å². The predicted octanol–water partition coefficient (Wildman–Crippen LogP) is 1.66. The third-order valence-corrected chi connectivity index (χ3v) is 1.68. The smallest absolute Gasteiger partial charge is 0.408 e. The number of pyridine rings is 1. The molecule has 0 saturated heterocycles. The molecule has 0 atom stereocenters. The zero-order chi connectivity index (χ0) is 13.6. The fourth-order valence-corrected chi connectivity index (χ4v) is 1.07. The van der Waals surface area contributed by atoms with Gasteiger partial charge in [-0.1, -0.05) is 11.8 Å². The normalized spacial score (nSPS) is 10.2. The van der Waals surface area contributed by atoms with Crippen molar-refractivity contribution in [3.63, 3.8) is 0 Å². The molecule has 0 aliphatic heterocycles. The molecular formula is C13H16N2O3. The summed E-state index contributed by atoms with van der Waals surface area (Å²) in [4.78, 5) is 15.1. The molecule has 1 aromatic rings. The molecule has 1 heterocycles. The highest BCUT2D eigenvalue weighted by Crippen LogP contribution is 2.07. The van der Waals surface area contributed by atoms with E-state index in [1.807, 2.05) is 0 Å². The molecule has 5 heteroatoms. The van der Waals surface area contributed by atoms with Gasteiger partial charge in [-0.3, -0.25) is 4.98 Å². The highest BCUT2D eigenvalue weighted by atomic mass is 16.6. The number of rotatable bonds is 1. The molecular weight excluding hydrogens is 232 g/mol. The van der Waals surface area contributed by atoms with E-state index < -0.39 is 11.7 Å². The van der Waals surface area contributed by atoms with Crippen LogP contribution >= 0.6 is 0 Å². The van der Waals surface area contributed by atoms with Gasteiger partial charge in [-0.05, 0) is 26.8 Å². The van der Waals surface area contributed by atoms with E-state index in [1.165, 1.54) is 18.5 Å². The summed E-state index contributed by atoms with van der Waals surface area (Å²) < 4.78 is 5.04. The largest absolute Gasteiger partial charge is 0.506 e. The zero-order valence-corrected chi connectivity index (χ0v) is 10.7. The van der Waals surface area contributed by atoms with Gasteiger partial charge in [0.1, 0.15) is 11.4 Å². The Morgan fingerprint density at radius 2 is 2.22 bits per heavy atom. The minimum absolute atomic E-state index is 0.0573. The van der Waals surface area contributed by atoms with Gasteiger partial charge in [-0.2, -0.15) is 0 Å². The number of amides is 1. The van der Waals surface area contributed by atoms with E-state index >= 15 is 0 Å². The maximum Gasteiger partial charge on any atom is 0.408 e. The maximum absolute atomic E-state index is 11.3. The lowest BCUT2D eigenvalue weighted by Gasteiger charge is -2.18. The van der Waals surface area contributed by atoms with Crippen molar-refractivity contribution in [2.75, 3.05) is 6.54 Å². The number of ether oxygens (including phenoxy) is 1. The zero-order valence-electron chi connectivity index (χ0n) is 10.7. The van der Waals surface area contributed by atoms with Crippen LogP contribution < -0.4 is 5.32 Å². The van der Waals surface area contributed by atoms with Crippen molar-refractivity contribution < 1.29 is 14.6 Å². The summed E-state index contributed by atoms with van der Waals surface area (Å²) in [5.74, 6) is 5.55. The van der Waals surface area contributed by atoms with Crippen molar-refractivity contribution in [1.29, 1.82) is 0 Å². The lowest BCUT2D eigenvalue weighted by molar-refractivity contribution is 0.0535. The van der Waals surface area contributed by atoms with Crippen LogP contribution in [0.2, 0.25) is 0 Å². The number of aromatic nitrogens is 1. The summed E-state index contributed by atoms with van der Waals surface area (Å²) in [5, 5.41) is 11.7. The van der Waals surface area contributed by atoms with Crippen molar-refractivity contribution in [3.8, 4) is 17.6 Å². The Balaban J connectivity index is 2.41. The molecule has 2 N–H and O–H groups in total. The second kappa shape index (κ2) is 5.92. The summed E-state index contributed by atoms with van der Waals surface area (Å²) in [6, 6.07) is 1.49. The molecule has 0 radical (unpaired) electrons. The number of nitrogens with one attached hydrogen (secondary N) is 1. The number of nitrogens with zero attached hydrogens (tertiary/aromatic N) is 1. The van der Waals surface area contributed by atoms with Crippen molar-refractivity contribution in [2.24, 2.45) is 0 Å². The molecule has 5 nitrogen and oxygen atoms in total. The fourth-order valence-electron chi connectivity index (χ4n) is 1.07. The van der Waals surface area contributed by atoms with Gasteiger partial charge in [-0.25, -0.2) is 4.79 Å². The van der Waals surface area contributed by atoms with Gasteiger partial charge < -0.3 is 15.2 Å². The van der Waals surface area contributed by atoms with E-state index in [0.29, 0.717) is 5.56 Å². The van der Waals surface area contributed by atoms with E-state index in [-0.39, 0.29) is 12.3 Å². The summed E-state index contributed by atoms with van der Waals surface area (Å²) >= 11 is 0. The summed E-state index contributed by atoms with van der Waals surface area (Å²) in [7, 11) is 0. The molecule has 0 bridgehead atoms. The quantitative estimate of drug-likeness (QED) is 0.741. The van der Waals surface area contributed by atoms with Crippen molar-refractivity contribution in [2.45, 2.75) is 26.4 Å². The van der Waals surface area contributed by atoms with Crippen LogP contribution in [0.5, 0.6) is 5.75 Å². The summed E-state index contributed by atoms with van der Waals surface area (Å²) in [5.41, 5.74) is 0.0631. The molecule has 1 aromatic heterocycles. The van der Waals surface area contributed by atoms with Crippen LogP contribution in [0.25, 0.3) is 0 Å². The molecule has 0 aromatic carbocycles. The van der Waals surface area contributed by atoms with Crippen LogP contribution in [0, 0.1) is 11.8 Å². The average Bonchev–Trinajstić information content (AvgIpc) is 2.22. The topological polar surface area (TPSA) is 71.5 Å². The van der Waals surface area contributed by atoms with E-state index in [4.69, 9.17) is 9.84 Å². The first-order chi connectivity index (χ1) is 8.37. The molecule has 18 heavy (non-hydrogen) atoms. The maximum atomic E-state index is 11.3. The fraction of sp³-hybridized carbons (Fsp3) is 0.385. The van der Waals surface area contributed by atoms with Crippen LogP contribution in [-0.2, 0) is 4.74 Å². The van der Waals surface area contributed by atoms with Gasteiger partial charge in [0, 0.05) is 11.8 Å². The number of carbonyl (C=O) groups is 1. The molecule has 0 fully saturated rings. The Kier molecular flexibility index (Phi) is 4.55. The number of hydrogen-bond acceptors (Lipinski definition) is 4. The Morgan fingerprint density at radius 1 is 1.50 bits per heavy atom. The number of hydrogen-bond donors (Lipinski definition) is 2. The van der Waals surface area contributed by atoms with Crippen LogP contribution in [0.15, 0.2) is 18.5 Å². The van der Waals surface area contributed by atoms with Gasteiger partial charge in [0.2, 0.25) is 0 Å². The second-order valence-corrected chi connectivity index (χ2v) is 4.59. The van der Waals surface area contributed by atoms with E-state index in [1.54, 1.807) is 20.8 Å². The average molecular weight is 248 g/mol. The highest BCUT2D eigenvalue weighted by molar-refractivity contribution is 5.68. The van der Waals surface area contributed by atoms with E-state index in [9.17, 15) is 4.79 Å². The van der Waals surface area contributed by atoms with Gasteiger partial charge in [-0.15, -0.1) is 0 Å². The molecule has 0 unspecified atom stereocenters. The third-order valence-electron chi connectivity index (χ3n) is 1.68. The van der Waals surface area contributed by atoms with Crippen molar-refractivity contribution in [1.82, 2.24) is 10.3 Å². The van der Waals surface area contributed by atoms with Crippen LogP contribution in [-0.4, -0.2) is 28.3 Å². The van der Waals surface area contributed by atoms with E-state index in [0.717, 1.165) is 0 Å². The van der Waals surface area contributed by atoms with Crippen molar-refractivity contribution in [3.05, 3.63) is 24.0 Å². The molecule has 1 rings (SSSR count). The molecule has 0 aliphatic rings. The Morgan fingerprint density at radius 3 is 2.83 bits per heavy atom. The van der Waals surface area contributed by atoms with Crippen LogP contribution in [0.4, 0.5) is 4.79 Å². The predicted molar refractivity (Wildman–Crippen MR) is 67.0 cm³/mol. The SMILES string of the molecule is CC(C)(C)OC(=O)NCC#Cc1cncc(O)c1. The van der Waals surface area contributed by atoms with Gasteiger partial charge in [0.15, 0.2) is 0 Å². The van der Waals surface area contributed by atoms with Gasteiger partial charge in [0.05, 0.1) is 12.7 Å². The molecule has 0 aliphatic carbocycles. The monoisotopic (exact) mass is 248 g/mol. The Hall–Kier alpha value is -2.22. The lowest BCUT2D eigenvalue weighted by Crippen LogP contribution is -2.32. The first-order valence-electron chi connectivity index (χ1n) is 5.46. The standard InChI is InChI=1S/C13H16N2O3/c1-13(2,3)18-12(17)15-6-4-5-10-7-11(16)9-14-8-10/h7-9,16H,6H2,1-3H3,(H,15,17). The van der Waals surface area contributed by atoms with Crippen molar-refractivity contribution >= 4 is 6.09 Å². The number of alkyl carbamates (subject to hydrolysis) is 1. The first-order valence-corrected chi connectivity index (χ1v) is 5.46. The first kappa shape index (κ1) is 13.8. The number of aromatic hydroxyl groups is 1. The molecule has 96 valence electrons. The minimum atomic E-state index is -0.521. The Bertz CT molecular complexity index is 481. The Labute approximate surface area is 106 Å². The molecule has 0 saturated carbocycles. The molecule has 0 spiro atoms. The van der Waals surface area contributed by atoms with Crippen LogP contribution in [0.1, 0.15) is 26.3 Å². The number of carbonyl (C=O) groups excluding carboxylic acids is 1. The second-order valence-electron chi connectivity index (χ2n) is 4.59. The van der Waals surface area contributed by atoms with Gasteiger partial charge >= 0.3 is 6.09 Å². The third kappa shape index (κ3) is 5.75.